The molecule has 0 saturated heterocycles. The largest absolute Gasteiger partial charge is 0.452 e. The molecule has 0 spiro atoms. The topological polar surface area (TPSA) is 85.4 Å². The summed E-state index contributed by atoms with van der Waals surface area (Å²) in [7, 11) is 0. The number of hydrogen-bond donors (Lipinski definition) is 1. The minimum Gasteiger partial charge on any atom is -0.452 e. The fraction of sp³-hybridized carbons (Fsp3) is 0.280. The third kappa shape index (κ3) is 4.63. The van der Waals surface area contributed by atoms with Crippen molar-refractivity contribution in [1.29, 1.82) is 0 Å². The van der Waals surface area contributed by atoms with Gasteiger partial charge in [-0.15, -0.1) is 0 Å². The van der Waals surface area contributed by atoms with Crippen LogP contribution in [0.3, 0.4) is 0 Å². The van der Waals surface area contributed by atoms with E-state index >= 15 is 0 Å². The lowest BCUT2D eigenvalue weighted by Gasteiger charge is -2.16. The van der Waals surface area contributed by atoms with Crippen LogP contribution in [0.5, 0.6) is 0 Å². The summed E-state index contributed by atoms with van der Waals surface area (Å²) in [6.07, 6.45) is 2.94. The van der Waals surface area contributed by atoms with Gasteiger partial charge in [-0.25, -0.2) is 4.79 Å². The van der Waals surface area contributed by atoms with Gasteiger partial charge in [0.25, 0.3) is 5.91 Å². The summed E-state index contributed by atoms with van der Waals surface area (Å²) in [5.41, 5.74) is 4.03. The number of carbonyl (C=O) groups is 3. The van der Waals surface area contributed by atoms with Crippen LogP contribution in [0.4, 0.5) is 0 Å². The lowest BCUT2D eigenvalue weighted by atomic mass is 10.0. The molecule has 0 bridgehead atoms. The van der Waals surface area contributed by atoms with E-state index in [4.69, 9.17) is 4.74 Å². The number of benzene rings is 2. The van der Waals surface area contributed by atoms with Gasteiger partial charge < -0.3 is 10.1 Å². The number of amides is 1. The molecule has 1 aromatic heterocycles. The van der Waals surface area contributed by atoms with Gasteiger partial charge in [-0.05, 0) is 49.8 Å². The highest BCUT2D eigenvalue weighted by molar-refractivity contribution is 6.05. The molecule has 1 atom stereocenters. The molecule has 1 heterocycles. The number of fused-ring (bicyclic) bond motifs is 2. The highest BCUT2D eigenvalue weighted by Crippen LogP contribution is 2.30. The molecule has 0 saturated carbocycles. The van der Waals surface area contributed by atoms with Crippen molar-refractivity contribution in [1.82, 2.24) is 10.3 Å². The van der Waals surface area contributed by atoms with E-state index in [1.807, 2.05) is 54.6 Å². The van der Waals surface area contributed by atoms with E-state index in [-0.39, 0.29) is 5.78 Å². The van der Waals surface area contributed by atoms with Gasteiger partial charge in [0, 0.05) is 11.1 Å². The monoisotopic (exact) mass is 416 g/mol. The van der Waals surface area contributed by atoms with Crippen LogP contribution >= 0.6 is 0 Å². The van der Waals surface area contributed by atoms with Gasteiger partial charge in [-0.2, -0.15) is 0 Å². The summed E-state index contributed by atoms with van der Waals surface area (Å²) in [6, 6.07) is 16.3. The summed E-state index contributed by atoms with van der Waals surface area (Å²) in [4.78, 5) is 42.0. The number of rotatable bonds is 7. The SMILES string of the molecule is CC(=O)[C@H](Cc1ccccc1)NC(=O)COC(=O)c1c2c(nc3ccccc13)CCC2. The first-order chi connectivity index (χ1) is 15.0. The number of Topliss-reactive ketones (excluding diaryl/α,β-unsaturated/α-hetero) is 1. The molecule has 1 amide bonds. The molecular weight excluding hydrogens is 392 g/mol. The molecule has 6 heteroatoms. The Kier molecular flexibility index (Phi) is 6.07. The second-order valence-electron chi connectivity index (χ2n) is 7.78. The number of hydrogen-bond acceptors (Lipinski definition) is 5. The maximum absolute atomic E-state index is 12.9. The lowest BCUT2D eigenvalue weighted by Crippen LogP contribution is -2.43. The normalized spacial score (nSPS) is 13.5. The zero-order valence-corrected chi connectivity index (χ0v) is 17.4. The fourth-order valence-electron chi connectivity index (χ4n) is 4.03. The van der Waals surface area contributed by atoms with Crippen molar-refractivity contribution in [2.45, 2.75) is 38.6 Å². The third-order valence-electron chi connectivity index (χ3n) is 5.57. The van der Waals surface area contributed by atoms with Crippen LogP contribution in [0.15, 0.2) is 54.6 Å². The summed E-state index contributed by atoms with van der Waals surface area (Å²) in [5, 5.41) is 3.42. The molecule has 0 unspecified atom stereocenters. The van der Waals surface area contributed by atoms with E-state index in [1.54, 1.807) is 0 Å². The Labute approximate surface area is 180 Å². The molecule has 1 N–H and O–H groups in total. The van der Waals surface area contributed by atoms with E-state index in [2.05, 4.69) is 10.3 Å². The second kappa shape index (κ2) is 9.08. The Morgan fingerprint density at radius 2 is 1.77 bits per heavy atom. The van der Waals surface area contributed by atoms with Gasteiger partial charge in [-0.1, -0.05) is 48.5 Å². The number of aromatic nitrogens is 1. The standard InChI is InChI=1S/C25H24N2O4/c1-16(28)22(14-17-8-3-2-4-9-17)27-23(29)15-31-25(30)24-18-10-5-6-12-20(18)26-21-13-7-11-19(21)24/h2-6,8-10,12,22H,7,11,13-15H2,1H3,(H,27,29)/t22-/m0/s1. The highest BCUT2D eigenvalue weighted by atomic mass is 16.5. The first-order valence-corrected chi connectivity index (χ1v) is 10.4. The molecule has 0 fully saturated rings. The van der Waals surface area contributed by atoms with Crippen molar-refractivity contribution in [3.05, 3.63) is 77.0 Å². The third-order valence-corrected chi connectivity index (χ3v) is 5.57. The number of aryl methyl sites for hydroxylation is 1. The summed E-state index contributed by atoms with van der Waals surface area (Å²) in [5.74, 6) is -1.18. The van der Waals surface area contributed by atoms with Gasteiger partial charge in [-0.3, -0.25) is 14.6 Å². The van der Waals surface area contributed by atoms with Crippen LogP contribution in [0.25, 0.3) is 10.9 Å². The molecule has 158 valence electrons. The average Bonchev–Trinajstić information content (AvgIpc) is 3.24. The lowest BCUT2D eigenvalue weighted by molar-refractivity contribution is -0.128. The van der Waals surface area contributed by atoms with Crippen LogP contribution in [0, 0.1) is 0 Å². The van der Waals surface area contributed by atoms with Crippen molar-refractivity contribution >= 4 is 28.6 Å². The Bertz CT molecular complexity index is 1140. The van der Waals surface area contributed by atoms with Gasteiger partial charge in [0.15, 0.2) is 12.4 Å². The van der Waals surface area contributed by atoms with Crippen molar-refractivity contribution in [3.63, 3.8) is 0 Å². The van der Waals surface area contributed by atoms with Gasteiger partial charge in [0.2, 0.25) is 0 Å². The minimum absolute atomic E-state index is 0.151. The highest BCUT2D eigenvalue weighted by Gasteiger charge is 2.25. The first-order valence-electron chi connectivity index (χ1n) is 10.4. The predicted octanol–water partition coefficient (Wildman–Crippen LogP) is 3.20. The van der Waals surface area contributed by atoms with Crippen LogP contribution in [0.1, 0.15) is 40.5 Å². The maximum Gasteiger partial charge on any atom is 0.339 e. The zero-order valence-electron chi connectivity index (χ0n) is 17.4. The van der Waals surface area contributed by atoms with E-state index < -0.39 is 24.5 Å². The summed E-state index contributed by atoms with van der Waals surface area (Å²) in [6.45, 7) is 0.995. The Hall–Kier alpha value is -3.54. The molecule has 3 aromatic rings. The number of nitrogens with one attached hydrogen (secondary N) is 1. The molecule has 0 radical (unpaired) electrons. The molecular formula is C25H24N2O4. The van der Waals surface area contributed by atoms with Crippen LogP contribution in [-0.2, 0) is 33.6 Å². The van der Waals surface area contributed by atoms with Gasteiger partial charge in [0.05, 0.1) is 17.1 Å². The fourth-order valence-corrected chi connectivity index (χ4v) is 4.03. The average molecular weight is 416 g/mol. The van der Waals surface area contributed by atoms with Crippen molar-refractivity contribution < 1.29 is 19.1 Å². The Balaban J connectivity index is 1.45. The Morgan fingerprint density at radius 3 is 2.55 bits per heavy atom. The van der Waals surface area contributed by atoms with E-state index in [0.717, 1.165) is 47.0 Å². The zero-order chi connectivity index (χ0) is 21.8. The smallest absolute Gasteiger partial charge is 0.339 e. The van der Waals surface area contributed by atoms with Crippen LogP contribution < -0.4 is 5.32 Å². The number of carbonyl (C=O) groups excluding carboxylic acids is 3. The predicted molar refractivity (Wildman–Crippen MR) is 117 cm³/mol. The molecule has 2 aromatic carbocycles. The van der Waals surface area contributed by atoms with Gasteiger partial charge in [0.1, 0.15) is 0 Å². The number of ketones is 1. The molecule has 31 heavy (non-hydrogen) atoms. The maximum atomic E-state index is 12.9. The van der Waals surface area contributed by atoms with Crippen molar-refractivity contribution in [2.24, 2.45) is 0 Å². The number of para-hydroxylation sites is 1. The van der Waals surface area contributed by atoms with Crippen LogP contribution in [0.2, 0.25) is 0 Å². The number of ether oxygens (including phenoxy) is 1. The summed E-state index contributed by atoms with van der Waals surface area (Å²) < 4.78 is 5.36. The molecule has 1 aliphatic rings. The van der Waals surface area contributed by atoms with Gasteiger partial charge >= 0.3 is 5.97 Å². The second-order valence-corrected chi connectivity index (χ2v) is 7.78. The number of pyridine rings is 1. The van der Waals surface area contributed by atoms with Crippen molar-refractivity contribution in [2.75, 3.05) is 6.61 Å². The van der Waals surface area contributed by atoms with Crippen LogP contribution in [-0.4, -0.2) is 35.3 Å². The Morgan fingerprint density at radius 1 is 1.03 bits per heavy atom. The molecule has 0 aliphatic heterocycles. The quantitative estimate of drug-likeness (QED) is 0.598. The van der Waals surface area contributed by atoms with Crippen molar-refractivity contribution in [3.8, 4) is 0 Å². The molecule has 4 rings (SSSR count). The first kappa shape index (κ1) is 20.7. The number of esters is 1. The molecule has 1 aliphatic carbocycles. The van der Waals surface area contributed by atoms with E-state index in [0.29, 0.717) is 12.0 Å². The molecule has 6 nitrogen and oxygen atoms in total. The van der Waals surface area contributed by atoms with E-state index in [9.17, 15) is 14.4 Å². The summed E-state index contributed by atoms with van der Waals surface area (Å²) >= 11 is 0. The minimum atomic E-state index is -0.667. The number of nitrogens with zero attached hydrogens (tertiary/aromatic N) is 1. The van der Waals surface area contributed by atoms with E-state index in [1.165, 1.54) is 6.92 Å².